The monoisotopic (exact) mass is 222 g/mol. The number of hydrogen-bond acceptors (Lipinski definition) is 4. The molecule has 1 aromatic rings. The molecule has 1 heterocycles. The molecule has 0 radical (unpaired) electrons. The minimum absolute atomic E-state index is 0.0417. The van der Waals surface area contributed by atoms with Crippen LogP contribution < -0.4 is 10.1 Å². The normalized spacial score (nSPS) is 9.56. The molecule has 0 saturated heterocycles. The van der Waals surface area contributed by atoms with Crippen LogP contribution in [0.2, 0.25) is 0 Å². The first-order valence-electron chi connectivity index (χ1n) is 5.07. The molecule has 0 aliphatic heterocycles. The molecule has 1 N–H and O–H groups in total. The highest BCUT2D eigenvalue weighted by atomic mass is 16.5. The Hall–Kier alpha value is -1.91. The number of aldehydes is 1. The number of aromatic nitrogens is 1. The molecule has 0 aliphatic carbocycles. The van der Waals surface area contributed by atoms with Crippen LogP contribution in [0.3, 0.4) is 0 Å². The van der Waals surface area contributed by atoms with Crippen molar-refractivity contribution in [2.24, 2.45) is 0 Å². The molecule has 5 nitrogen and oxygen atoms in total. The van der Waals surface area contributed by atoms with Gasteiger partial charge in [-0.25, -0.2) is 4.98 Å². The van der Waals surface area contributed by atoms with E-state index >= 15 is 0 Å². The van der Waals surface area contributed by atoms with Crippen LogP contribution in [0.1, 0.15) is 23.8 Å². The Kier molecular flexibility index (Phi) is 4.98. The lowest BCUT2D eigenvalue weighted by molar-refractivity contribution is -0.121. The van der Waals surface area contributed by atoms with Crippen LogP contribution in [0.25, 0.3) is 0 Å². The highest BCUT2D eigenvalue weighted by Gasteiger charge is 2.00. The fourth-order valence-electron chi connectivity index (χ4n) is 1.09. The summed E-state index contributed by atoms with van der Waals surface area (Å²) in [5, 5.41) is 2.67. The van der Waals surface area contributed by atoms with Gasteiger partial charge in [0.15, 0.2) is 6.29 Å². The maximum atomic E-state index is 11.1. The van der Waals surface area contributed by atoms with Gasteiger partial charge in [0, 0.05) is 6.54 Å². The molecule has 0 bridgehead atoms. The molecule has 0 atom stereocenters. The maximum Gasteiger partial charge on any atom is 0.223 e. The van der Waals surface area contributed by atoms with E-state index in [0.717, 1.165) is 0 Å². The number of hydrogen-bond donors (Lipinski definition) is 1. The number of pyridine rings is 1. The molecule has 0 aliphatic rings. The zero-order valence-electron chi connectivity index (χ0n) is 9.10. The fraction of sp³-hybridized carbons (Fsp3) is 0.364. The molecule has 1 rings (SSSR count). The first-order valence-corrected chi connectivity index (χ1v) is 5.07. The van der Waals surface area contributed by atoms with Crippen molar-refractivity contribution in [1.29, 1.82) is 0 Å². The van der Waals surface area contributed by atoms with Gasteiger partial charge in [0.2, 0.25) is 5.91 Å². The van der Waals surface area contributed by atoms with Gasteiger partial charge in [-0.1, -0.05) is 0 Å². The summed E-state index contributed by atoms with van der Waals surface area (Å²) in [6.07, 6.45) is 2.43. The van der Waals surface area contributed by atoms with Gasteiger partial charge in [-0.15, -0.1) is 0 Å². The molecule has 0 aromatic carbocycles. The van der Waals surface area contributed by atoms with E-state index in [2.05, 4.69) is 10.3 Å². The third-order valence-corrected chi connectivity index (χ3v) is 1.85. The number of rotatable bonds is 6. The van der Waals surface area contributed by atoms with Gasteiger partial charge >= 0.3 is 0 Å². The molecule has 0 unspecified atom stereocenters. The second-order valence-electron chi connectivity index (χ2n) is 3.09. The molecule has 1 aromatic heterocycles. The summed E-state index contributed by atoms with van der Waals surface area (Å²) in [6, 6.07) is 3.21. The Morgan fingerprint density at radius 2 is 2.38 bits per heavy atom. The van der Waals surface area contributed by atoms with Crippen molar-refractivity contribution >= 4 is 12.2 Å². The maximum absolute atomic E-state index is 11.1. The molecular formula is C11H14N2O3. The number of carbonyl (C=O) groups is 2. The number of amides is 1. The van der Waals surface area contributed by atoms with Crippen LogP contribution in [0.4, 0.5) is 0 Å². The molecule has 0 fully saturated rings. The van der Waals surface area contributed by atoms with Crippen LogP contribution in [-0.2, 0) is 4.79 Å². The van der Waals surface area contributed by atoms with Crippen molar-refractivity contribution in [2.75, 3.05) is 13.2 Å². The SMILES string of the molecule is CCNC(=O)CCOc1ccc(C=O)nc1. The average molecular weight is 222 g/mol. The Labute approximate surface area is 93.8 Å². The van der Waals surface area contributed by atoms with Gasteiger partial charge in [0.25, 0.3) is 0 Å². The van der Waals surface area contributed by atoms with E-state index in [-0.39, 0.29) is 5.91 Å². The Morgan fingerprint density at radius 1 is 1.56 bits per heavy atom. The van der Waals surface area contributed by atoms with E-state index < -0.39 is 0 Å². The highest BCUT2D eigenvalue weighted by Crippen LogP contribution is 2.08. The molecule has 0 saturated carbocycles. The van der Waals surface area contributed by atoms with Gasteiger partial charge < -0.3 is 10.1 Å². The topological polar surface area (TPSA) is 68.3 Å². The van der Waals surface area contributed by atoms with E-state index in [1.165, 1.54) is 6.20 Å². The van der Waals surface area contributed by atoms with Crippen LogP contribution in [-0.4, -0.2) is 30.3 Å². The van der Waals surface area contributed by atoms with Crippen LogP contribution >= 0.6 is 0 Å². The lowest BCUT2D eigenvalue weighted by Crippen LogP contribution is -2.24. The standard InChI is InChI=1S/C11H14N2O3/c1-2-12-11(15)5-6-16-10-4-3-9(8-14)13-7-10/h3-4,7-8H,2,5-6H2,1H3,(H,12,15). The summed E-state index contributed by atoms with van der Waals surface area (Å²) in [7, 11) is 0. The third-order valence-electron chi connectivity index (χ3n) is 1.85. The second kappa shape index (κ2) is 6.55. The quantitative estimate of drug-likeness (QED) is 0.723. The average Bonchev–Trinajstić information content (AvgIpc) is 2.30. The Balaban J connectivity index is 2.31. The predicted molar refractivity (Wildman–Crippen MR) is 58.4 cm³/mol. The van der Waals surface area contributed by atoms with Gasteiger partial charge in [0.1, 0.15) is 11.4 Å². The van der Waals surface area contributed by atoms with Gasteiger partial charge in [0.05, 0.1) is 19.2 Å². The first-order chi connectivity index (χ1) is 7.76. The minimum atomic E-state index is -0.0417. The van der Waals surface area contributed by atoms with Gasteiger partial charge in [-0.3, -0.25) is 9.59 Å². The highest BCUT2D eigenvalue weighted by molar-refractivity contribution is 5.75. The summed E-state index contributed by atoms with van der Waals surface area (Å²) in [6.45, 7) is 2.78. The third kappa shape index (κ3) is 4.08. The molecule has 0 spiro atoms. The molecular weight excluding hydrogens is 208 g/mol. The van der Waals surface area contributed by atoms with Crippen molar-refractivity contribution in [3.63, 3.8) is 0 Å². The van der Waals surface area contributed by atoms with Crippen molar-refractivity contribution in [3.05, 3.63) is 24.0 Å². The van der Waals surface area contributed by atoms with Crippen molar-refractivity contribution in [2.45, 2.75) is 13.3 Å². The first kappa shape index (κ1) is 12.2. The Bertz CT molecular complexity index is 349. The Morgan fingerprint density at radius 3 is 2.94 bits per heavy atom. The zero-order valence-corrected chi connectivity index (χ0v) is 9.10. The predicted octanol–water partition coefficient (Wildman–Crippen LogP) is 0.799. The number of nitrogens with one attached hydrogen (secondary N) is 1. The zero-order chi connectivity index (χ0) is 11.8. The minimum Gasteiger partial charge on any atom is -0.491 e. The second-order valence-corrected chi connectivity index (χ2v) is 3.09. The van der Waals surface area contributed by atoms with E-state index in [1.807, 2.05) is 6.92 Å². The van der Waals surface area contributed by atoms with Gasteiger partial charge in [-0.05, 0) is 19.1 Å². The smallest absolute Gasteiger partial charge is 0.223 e. The van der Waals surface area contributed by atoms with Crippen LogP contribution in [0, 0.1) is 0 Å². The van der Waals surface area contributed by atoms with Crippen molar-refractivity contribution < 1.29 is 14.3 Å². The summed E-state index contributed by atoms with van der Waals surface area (Å²) in [5.41, 5.74) is 0.357. The van der Waals surface area contributed by atoms with Crippen LogP contribution in [0.15, 0.2) is 18.3 Å². The summed E-state index contributed by atoms with van der Waals surface area (Å²) >= 11 is 0. The lowest BCUT2D eigenvalue weighted by atomic mass is 10.3. The fourth-order valence-corrected chi connectivity index (χ4v) is 1.09. The van der Waals surface area contributed by atoms with Crippen molar-refractivity contribution in [3.8, 4) is 5.75 Å². The summed E-state index contributed by atoms with van der Waals surface area (Å²) in [5.74, 6) is 0.509. The molecule has 86 valence electrons. The summed E-state index contributed by atoms with van der Waals surface area (Å²) < 4.78 is 5.28. The van der Waals surface area contributed by atoms with E-state index in [9.17, 15) is 9.59 Å². The van der Waals surface area contributed by atoms with E-state index in [0.29, 0.717) is 37.3 Å². The van der Waals surface area contributed by atoms with Gasteiger partial charge in [-0.2, -0.15) is 0 Å². The number of nitrogens with zero attached hydrogens (tertiary/aromatic N) is 1. The van der Waals surface area contributed by atoms with E-state index in [4.69, 9.17) is 4.74 Å². The largest absolute Gasteiger partial charge is 0.491 e. The summed E-state index contributed by atoms with van der Waals surface area (Å²) in [4.78, 5) is 25.3. The van der Waals surface area contributed by atoms with Crippen LogP contribution in [0.5, 0.6) is 5.75 Å². The van der Waals surface area contributed by atoms with E-state index in [1.54, 1.807) is 12.1 Å². The molecule has 16 heavy (non-hydrogen) atoms. The van der Waals surface area contributed by atoms with Crippen molar-refractivity contribution in [1.82, 2.24) is 10.3 Å². The molecule has 5 heteroatoms. The lowest BCUT2D eigenvalue weighted by Gasteiger charge is -2.05. The molecule has 1 amide bonds. The number of carbonyl (C=O) groups excluding carboxylic acids is 2. The number of ether oxygens (including phenoxy) is 1.